The van der Waals surface area contributed by atoms with Gasteiger partial charge in [-0.2, -0.15) is 0 Å². The van der Waals surface area contributed by atoms with Crippen LogP contribution in [0.1, 0.15) is 46.1 Å². The third-order valence-electron chi connectivity index (χ3n) is 5.20. The number of ether oxygens (including phenoxy) is 3. The zero-order chi connectivity index (χ0) is 19.9. The molecular formula is C21H29N3O4. The SMILES string of the molecule is CC(C)(C)OC(=O)N1CCCC[C@@H](n2c(N)cc3ccc4c(c32)OCCO4)C1. The summed E-state index contributed by atoms with van der Waals surface area (Å²) in [5.74, 6) is 2.16. The second kappa shape index (κ2) is 7.11. The Morgan fingerprint density at radius 2 is 2.00 bits per heavy atom. The van der Waals surface area contributed by atoms with Gasteiger partial charge in [0.1, 0.15) is 24.6 Å². The van der Waals surface area contributed by atoms with Crippen LogP contribution in [0.25, 0.3) is 10.9 Å². The van der Waals surface area contributed by atoms with E-state index in [9.17, 15) is 4.79 Å². The van der Waals surface area contributed by atoms with Crippen molar-refractivity contribution in [1.29, 1.82) is 0 Å². The normalized spacial score (nSPS) is 20.1. The molecule has 2 aromatic rings. The Labute approximate surface area is 165 Å². The minimum Gasteiger partial charge on any atom is -0.486 e. The van der Waals surface area contributed by atoms with Crippen molar-refractivity contribution in [2.24, 2.45) is 0 Å². The molecule has 1 amide bonds. The highest BCUT2D eigenvalue weighted by Gasteiger charge is 2.30. The minimum absolute atomic E-state index is 0.0598. The van der Waals surface area contributed by atoms with E-state index in [1.165, 1.54) is 0 Å². The van der Waals surface area contributed by atoms with Crippen LogP contribution in [0.2, 0.25) is 0 Å². The van der Waals surface area contributed by atoms with Crippen molar-refractivity contribution in [3.63, 3.8) is 0 Å². The molecule has 7 heteroatoms. The van der Waals surface area contributed by atoms with E-state index in [1.54, 1.807) is 4.90 Å². The van der Waals surface area contributed by atoms with Gasteiger partial charge in [-0.3, -0.25) is 0 Å². The fourth-order valence-electron chi connectivity index (χ4n) is 4.06. The Hall–Kier alpha value is -2.57. The number of nitrogens with two attached hydrogens (primary N) is 1. The van der Waals surface area contributed by atoms with Crippen LogP contribution in [-0.2, 0) is 4.74 Å². The van der Waals surface area contributed by atoms with Gasteiger partial charge >= 0.3 is 6.09 Å². The average Bonchev–Trinajstić information content (AvgIpc) is 2.81. The van der Waals surface area contributed by atoms with Crippen molar-refractivity contribution in [2.45, 2.75) is 51.7 Å². The van der Waals surface area contributed by atoms with Crippen LogP contribution < -0.4 is 15.2 Å². The van der Waals surface area contributed by atoms with E-state index >= 15 is 0 Å². The maximum Gasteiger partial charge on any atom is 0.410 e. The molecule has 4 rings (SSSR count). The first-order chi connectivity index (χ1) is 13.3. The molecule has 0 spiro atoms. The number of nitrogens with zero attached hydrogens (tertiary/aromatic N) is 2. The molecule has 2 N–H and O–H groups in total. The van der Waals surface area contributed by atoms with E-state index in [2.05, 4.69) is 4.57 Å². The van der Waals surface area contributed by atoms with Crippen molar-refractivity contribution in [3.05, 3.63) is 18.2 Å². The molecule has 1 fully saturated rings. The highest BCUT2D eigenvalue weighted by Crippen LogP contribution is 2.42. The smallest absolute Gasteiger partial charge is 0.410 e. The van der Waals surface area contributed by atoms with Crippen LogP contribution in [-0.4, -0.2) is 47.5 Å². The number of benzene rings is 1. The average molecular weight is 387 g/mol. The molecular weight excluding hydrogens is 358 g/mol. The van der Waals surface area contributed by atoms with Gasteiger partial charge in [0.05, 0.1) is 11.6 Å². The first kappa shape index (κ1) is 18.8. The largest absolute Gasteiger partial charge is 0.486 e. The number of amides is 1. The van der Waals surface area contributed by atoms with Gasteiger partial charge in [0.15, 0.2) is 11.5 Å². The molecule has 152 valence electrons. The lowest BCUT2D eigenvalue weighted by Crippen LogP contribution is -2.39. The Kier molecular flexibility index (Phi) is 4.77. The Morgan fingerprint density at radius 1 is 1.21 bits per heavy atom. The van der Waals surface area contributed by atoms with Gasteiger partial charge in [0.25, 0.3) is 0 Å². The van der Waals surface area contributed by atoms with Gasteiger partial charge in [-0.25, -0.2) is 4.79 Å². The summed E-state index contributed by atoms with van der Waals surface area (Å²) in [5, 5.41) is 1.02. The molecule has 3 heterocycles. The van der Waals surface area contributed by atoms with Crippen LogP contribution in [0.5, 0.6) is 11.5 Å². The standard InChI is InChI=1S/C21H29N3O4/c1-21(2,3)28-20(25)23-9-5-4-6-15(13-23)24-17(22)12-14-7-8-16-19(18(14)24)27-11-10-26-16/h7-8,12,15H,4-6,9-11,13,22H2,1-3H3/t15-/m1/s1. The Morgan fingerprint density at radius 3 is 2.79 bits per heavy atom. The van der Waals surface area contributed by atoms with E-state index in [0.29, 0.717) is 32.1 Å². The summed E-state index contributed by atoms with van der Waals surface area (Å²) in [5.41, 5.74) is 6.86. The summed E-state index contributed by atoms with van der Waals surface area (Å²) < 4.78 is 19.4. The van der Waals surface area contributed by atoms with E-state index in [-0.39, 0.29) is 12.1 Å². The first-order valence-corrected chi connectivity index (χ1v) is 10.0. The Balaban J connectivity index is 1.70. The van der Waals surface area contributed by atoms with Gasteiger partial charge in [-0.15, -0.1) is 0 Å². The highest BCUT2D eigenvalue weighted by atomic mass is 16.6. The number of fused-ring (bicyclic) bond motifs is 3. The zero-order valence-corrected chi connectivity index (χ0v) is 16.9. The summed E-state index contributed by atoms with van der Waals surface area (Å²) in [6.45, 7) is 8.00. The number of anilines is 1. The number of hydrogen-bond acceptors (Lipinski definition) is 5. The van der Waals surface area contributed by atoms with Gasteiger partial charge in [0.2, 0.25) is 0 Å². The molecule has 0 saturated carbocycles. The second-order valence-electron chi connectivity index (χ2n) is 8.54. The maximum atomic E-state index is 12.7. The van der Waals surface area contributed by atoms with Crippen molar-refractivity contribution in [1.82, 2.24) is 9.47 Å². The quantitative estimate of drug-likeness (QED) is 0.801. The third kappa shape index (κ3) is 3.57. The minimum atomic E-state index is -0.512. The molecule has 1 atom stereocenters. The van der Waals surface area contributed by atoms with Crippen molar-refractivity contribution >= 4 is 22.8 Å². The number of nitrogen functional groups attached to an aromatic ring is 1. The lowest BCUT2D eigenvalue weighted by Gasteiger charge is -2.30. The number of aromatic nitrogens is 1. The first-order valence-electron chi connectivity index (χ1n) is 10.0. The van der Waals surface area contributed by atoms with Crippen LogP contribution in [0.15, 0.2) is 18.2 Å². The molecule has 0 unspecified atom stereocenters. The van der Waals surface area contributed by atoms with Gasteiger partial charge in [0, 0.05) is 18.5 Å². The molecule has 1 saturated heterocycles. The lowest BCUT2D eigenvalue weighted by molar-refractivity contribution is 0.0238. The predicted molar refractivity (Wildman–Crippen MR) is 108 cm³/mol. The zero-order valence-electron chi connectivity index (χ0n) is 16.9. The Bertz CT molecular complexity index is 884. The maximum absolute atomic E-state index is 12.7. The van der Waals surface area contributed by atoms with E-state index in [1.807, 2.05) is 39.0 Å². The molecule has 2 aliphatic rings. The van der Waals surface area contributed by atoms with Crippen LogP contribution in [0.4, 0.5) is 10.6 Å². The third-order valence-corrected chi connectivity index (χ3v) is 5.20. The van der Waals surface area contributed by atoms with Crippen molar-refractivity contribution in [2.75, 3.05) is 32.0 Å². The van der Waals surface area contributed by atoms with E-state index in [0.717, 1.165) is 41.7 Å². The number of rotatable bonds is 1. The van der Waals surface area contributed by atoms with Gasteiger partial charge in [-0.1, -0.05) is 0 Å². The molecule has 28 heavy (non-hydrogen) atoms. The van der Waals surface area contributed by atoms with Crippen molar-refractivity contribution in [3.8, 4) is 11.5 Å². The summed E-state index contributed by atoms with van der Waals surface area (Å²) in [7, 11) is 0. The van der Waals surface area contributed by atoms with Gasteiger partial charge < -0.3 is 29.4 Å². The summed E-state index contributed by atoms with van der Waals surface area (Å²) in [6.07, 6.45) is 2.65. The second-order valence-corrected chi connectivity index (χ2v) is 8.54. The number of carbonyl (C=O) groups excluding carboxylic acids is 1. The van der Waals surface area contributed by atoms with E-state index < -0.39 is 5.60 Å². The number of likely N-dealkylation sites (tertiary alicyclic amines) is 1. The number of hydrogen-bond donors (Lipinski definition) is 1. The summed E-state index contributed by atoms with van der Waals surface area (Å²) in [6, 6.07) is 5.97. The molecule has 0 bridgehead atoms. The monoisotopic (exact) mass is 387 g/mol. The fourth-order valence-corrected chi connectivity index (χ4v) is 4.06. The molecule has 2 aliphatic heterocycles. The molecule has 1 aromatic heterocycles. The van der Waals surface area contributed by atoms with Crippen LogP contribution in [0, 0.1) is 0 Å². The van der Waals surface area contributed by atoms with Crippen LogP contribution >= 0.6 is 0 Å². The number of carbonyl (C=O) groups is 1. The predicted octanol–water partition coefficient (Wildman–Crippen LogP) is 3.96. The molecule has 0 aliphatic carbocycles. The summed E-state index contributed by atoms with van der Waals surface area (Å²) >= 11 is 0. The molecule has 7 nitrogen and oxygen atoms in total. The fraction of sp³-hybridized carbons (Fsp3) is 0.571. The van der Waals surface area contributed by atoms with Gasteiger partial charge in [-0.05, 0) is 58.2 Å². The van der Waals surface area contributed by atoms with E-state index in [4.69, 9.17) is 19.9 Å². The van der Waals surface area contributed by atoms with Crippen LogP contribution in [0.3, 0.4) is 0 Å². The van der Waals surface area contributed by atoms with Crippen molar-refractivity contribution < 1.29 is 19.0 Å². The lowest BCUT2D eigenvalue weighted by atomic mass is 10.1. The molecule has 1 aromatic carbocycles. The molecule has 0 radical (unpaired) electrons. The highest BCUT2D eigenvalue weighted by molar-refractivity contribution is 5.92. The topological polar surface area (TPSA) is 79.0 Å². The summed E-state index contributed by atoms with van der Waals surface area (Å²) in [4.78, 5) is 14.5.